The minimum atomic E-state index is -0.589. The molecule has 1 aromatic heterocycles. The lowest BCUT2D eigenvalue weighted by molar-refractivity contribution is -0.118. The molecule has 37 heavy (non-hydrogen) atoms. The molecule has 194 valence electrons. The Morgan fingerprint density at radius 1 is 1.30 bits per heavy atom. The molecule has 10 nitrogen and oxygen atoms in total. The topological polar surface area (TPSA) is 140 Å². The van der Waals surface area contributed by atoms with Crippen LogP contribution in [0.25, 0.3) is 0 Å². The van der Waals surface area contributed by atoms with E-state index in [0.29, 0.717) is 42.0 Å². The molecule has 2 aliphatic carbocycles. The number of nitriles is 1. The number of aromatic nitrogens is 2. The summed E-state index contributed by atoms with van der Waals surface area (Å²) in [6, 6.07) is 9.20. The summed E-state index contributed by atoms with van der Waals surface area (Å²) in [5.41, 5.74) is 2.44. The predicted molar refractivity (Wildman–Crippen MR) is 136 cm³/mol. The van der Waals surface area contributed by atoms with Crippen molar-refractivity contribution in [2.45, 2.75) is 82.3 Å². The Morgan fingerprint density at radius 3 is 2.81 bits per heavy atom. The monoisotopic (exact) mass is 504 g/mol. The minimum Gasteiger partial charge on any atom is -0.446 e. The lowest BCUT2D eigenvalue weighted by Crippen LogP contribution is -2.36. The Balaban J connectivity index is 1.18. The molecule has 5 rings (SSSR count). The second-order valence-corrected chi connectivity index (χ2v) is 10.7. The Morgan fingerprint density at radius 2 is 2.11 bits per heavy atom. The zero-order valence-electron chi connectivity index (χ0n) is 21.2. The van der Waals surface area contributed by atoms with Crippen LogP contribution in [0.15, 0.2) is 24.3 Å². The number of hydrogen-bond acceptors (Lipinski definition) is 6. The van der Waals surface area contributed by atoms with Gasteiger partial charge < -0.3 is 20.3 Å². The largest absolute Gasteiger partial charge is 0.446 e. The first-order valence-electron chi connectivity index (χ1n) is 12.9. The summed E-state index contributed by atoms with van der Waals surface area (Å²) in [5, 5.41) is 22.7. The van der Waals surface area contributed by atoms with E-state index in [1.165, 1.54) is 0 Å². The zero-order chi connectivity index (χ0) is 26.2. The molecule has 1 aromatic carbocycles. The van der Waals surface area contributed by atoms with Gasteiger partial charge in [0.25, 0.3) is 0 Å². The van der Waals surface area contributed by atoms with E-state index in [0.717, 1.165) is 37.8 Å². The van der Waals surface area contributed by atoms with Gasteiger partial charge in [-0.1, -0.05) is 6.07 Å². The SMILES string of the molecule is CC(C(=O)Nc1cc(C2CCC(OC(=O)NC3(C)CC3)C2)[nH]n1)c1ccc(N2CCCC2=O)cc1C#N. The van der Waals surface area contributed by atoms with Gasteiger partial charge in [0.15, 0.2) is 5.82 Å². The van der Waals surface area contributed by atoms with Gasteiger partial charge in [-0.25, -0.2) is 4.79 Å². The molecular formula is C27H32N6O4. The van der Waals surface area contributed by atoms with Crippen LogP contribution in [0.2, 0.25) is 0 Å². The van der Waals surface area contributed by atoms with Gasteiger partial charge in [0.2, 0.25) is 11.8 Å². The maximum absolute atomic E-state index is 13.0. The lowest BCUT2D eigenvalue weighted by atomic mass is 9.94. The van der Waals surface area contributed by atoms with E-state index in [-0.39, 0.29) is 35.5 Å². The van der Waals surface area contributed by atoms with Crippen molar-refractivity contribution in [2.75, 3.05) is 16.8 Å². The first kappa shape index (κ1) is 24.8. The summed E-state index contributed by atoms with van der Waals surface area (Å²) >= 11 is 0. The standard InChI is InChI=1S/C27H32N6O4/c1-16(21-8-6-19(12-18(21)15-28)33-11-3-4-24(33)34)25(35)29-23-14-22(31-32-23)17-5-7-20(13-17)37-26(36)30-27(2)9-10-27/h6,8,12,14,16-17,20H,3-5,7,9-11,13H2,1-2H3,(H,30,36)(H2,29,31,32,35). The van der Waals surface area contributed by atoms with Crippen LogP contribution in [-0.4, -0.2) is 46.3 Å². The summed E-state index contributed by atoms with van der Waals surface area (Å²) in [7, 11) is 0. The molecule has 3 amide bonds. The average molecular weight is 505 g/mol. The van der Waals surface area contributed by atoms with Gasteiger partial charge in [0.1, 0.15) is 6.10 Å². The Hall–Kier alpha value is -3.87. The number of H-pyrrole nitrogens is 1. The maximum atomic E-state index is 13.0. The van der Waals surface area contributed by atoms with Crippen LogP contribution in [0.1, 0.15) is 87.4 Å². The van der Waals surface area contributed by atoms with E-state index in [1.54, 1.807) is 30.0 Å². The predicted octanol–water partition coefficient (Wildman–Crippen LogP) is 4.07. The molecular weight excluding hydrogens is 472 g/mol. The van der Waals surface area contributed by atoms with Crippen LogP contribution in [-0.2, 0) is 14.3 Å². The fourth-order valence-electron chi connectivity index (χ4n) is 5.16. The van der Waals surface area contributed by atoms with Crippen LogP contribution < -0.4 is 15.5 Å². The van der Waals surface area contributed by atoms with E-state index in [2.05, 4.69) is 26.9 Å². The fraction of sp³-hybridized carbons (Fsp3) is 0.519. The molecule has 0 bridgehead atoms. The second-order valence-electron chi connectivity index (χ2n) is 10.7. The van der Waals surface area contributed by atoms with Gasteiger partial charge in [0.05, 0.1) is 17.6 Å². The quantitative estimate of drug-likeness (QED) is 0.519. The van der Waals surface area contributed by atoms with E-state index in [4.69, 9.17) is 4.74 Å². The van der Waals surface area contributed by atoms with Crippen molar-refractivity contribution in [1.82, 2.24) is 15.5 Å². The number of alkyl carbamates (subject to hydrolysis) is 1. The molecule has 3 unspecified atom stereocenters. The van der Waals surface area contributed by atoms with E-state index in [1.807, 2.05) is 13.0 Å². The number of rotatable bonds is 7. The number of hydrogen-bond donors (Lipinski definition) is 3. The maximum Gasteiger partial charge on any atom is 0.407 e. The molecule has 3 N–H and O–H groups in total. The number of amides is 3. The van der Waals surface area contributed by atoms with E-state index >= 15 is 0 Å². The van der Waals surface area contributed by atoms with Crippen molar-refractivity contribution in [2.24, 2.45) is 0 Å². The number of nitrogens with one attached hydrogen (secondary N) is 3. The van der Waals surface area contributed by atoms with Crippen molar-refractivity contribution < 1.29 is 19.1 Å². The van der Waals surface area contributed by atoms with Crippen LogP contribution >= 0.6 is 0 Å². The molecule has 0 radical (unpaired) electrons. The molecule has 3 fully saturated rings. The smallest absolute Gasteiger partial charge is 0.407 e. The van der Waals surface area contributed by atoms with E-state index < -0.39 is 5.92 Å². The number of carbonyl (C=O) groups excluding carboxylic acids is 3. The molecule has 1 saturated heterocycles. The average Bonchev–Trinajstić information content (AvgIpc) is 3.28. The molecule has 2 saturated carbocycles. The molecule has 0 spiro atoms. The van der Waals surface area contributed by atoms with Gasteiger partial charge in [-0.3, -0.25) is 14.7 Å². The Bertz CT molecular complexity index is 1260. The highest BCUT2D eigenvalue weighted by molar-refractivity contribution is 5.97. The van der Waals surface area contributed by atoms with Crippen LogP contribution in [0.5, 0.6) is 0 Å². The molecule has 3 aliphatic rings. The number of anilines is 2. The third-order valence-corrected chi connectivity index (χ3v) is 7.75. The number of benzene rings is 1. The van der Waals surface area contributed by atoms with Gasteiger partial charge >= 0.3 is 6.09 Å². The molecule has 10 heteroatoms. The van der Waals surface area contributed by atoms with Crippen molar-refractivity contribution >= 4 is 29.4 Å². The summed E-state index contributed by atoms with van der Waals surface area (Å²) < 4.78 is 5.60. The van der Waals surface area contributed by atoms with Gasteiger partial charge in [-0.05, 0) is 70.1 Å². The van der Waals surface area contributed by atoms with Gasteiger partial charge in [-0.2, -0.15) is 10.4 Å². The molecule has 2 aromatic rings. The van der Waals surface area contributed by atoms with Crippen molar-refractivity contribution in [3.63, 3.8) is 0 Å². The van der Waals surface area contributed by atoms with Gasteiger partial charge in [0, 0.05) is 41.9 Å². The summed E-state index contributed by atoms with van der Waals surface area (Å²) in [5.74, 6) is -0.247. The zero-order valence-corrected chi connectivity index (χ0v) is 21.2. The minimum absolute atomic E-state index is 0.0489. The molecule has 2 heterocycles. The molecule has 3 atom stereocenters. The summed E-state index contributed by atoms with van der Waals surface area (Å²) in [6.45, 7) is 4.40. The van der Waals surface area contributed by atoms with Gasteiger partial charge in [-0.15, -0.1) is 0 Å². The van der Waals surface area contributed by atoms with Crippen LogP contribution in [0, 0.1) is 11.3 Å². The van der Waals surface area contributed by atoms with E-state index in [9.17, 15) is 19.6 Å². The first-order chi connectivity index (χ1) is 17.7. The third kappa shape index (κ3) is 5.45. The fourth-order valence-corrected chi connectivity index (χ4v) is 5.16. The summed E-state index contributed by atoms with van der Waals surface area (Å²) in [6.07, 6.45) is 5.13. The number of nitrogens with zero attached hydrogens (tertiary/aromatic N) is 3. The third-order valence-electron chi connectivity index (χ3n) is 7.75. The highest BCUT2D eigenvalue weighted by atomic mass is 16.6. The van der Waals surface area contributed by atoms with Crippen LogP contribution in [0.3, 0.4) is 0 Å². The normalized spacial score (nSPS) is 22.8. The Kier molecular flexibility index (Phi) is 6.63. The lowest BCUT2D eigenvalue weighted by Gasteiger charge is -2.18. The van der Waals surface area contributed by atoms with Crippen molar-refractivity contribution in [1.29, 1.82) is 5.26 Å². The van der Waals surface area contributed by atoms with Crippen molar-refractivity contribution in [3.05, 3.63) is 41.1 Å². The number of aromatic amines is 1. The number of carbonyl (C=O) groups is 3. The molecule has 1 aliphatic heterocycles. The highest BCUT2D eigenvalue weighted by Gasteiger charge is 2.40. The summed E-state index contributed by atoms with van der Waals surface area (Å²) in [4.78, 5) is 38.8. The van der Waals surface area contributed by atoms with Crippen LogP contribution in [0.4, 0.5) is 16.3 Å². The van der Waals surface area contributed by atoms with Crippen molar-refractivity contribution in [3.8, 4) is 6.07 Å². The second kappa shape index (κ2) is 9.88. The Labute approximate surface area is 215 Å². The highest BCUT2D eigenvalue weighted by Crippen LogP contribution is 2.37. The number of ether oxygens (including phenoxy) is 1. The first-order valence-corrected chi connectivity index (χ1v) is 12.9.